The van der Waals surface area contributed by atoms with Crippen LogP contribution in [0.4, 0.5) is 23.2 Å². The lowest BCUT2D eigenvalue weighted by Gasteiger charge is -2.10. The van der Waals surface area contributed by atoms with Gasteiger partial charge in [-0.1, -0.05) is 12.1 Å². The molecule has 0 aliphatic rings. The van der Waals surface area contributed by atoms with E-state index in [0.717, 1.165) is 6.07 Å². The molecule has 0 aromatic heterocycles. The second kappa shape index (κ2) is 5.39. The molecule has 21 heavy (non-hydrogen) atoms. The fraction of sp³-hybridized carbons (Fsp3) is 0.0769. The quantitative estimate of drug-likeness (QED) is 0.475. The van der Waals surface area contributed by atoms with E-state index < -0.39 is 33.9 Å². The molecule has 2 rings (SSSR count). The van der Waals surface area contributed by atoms with Crippen molar-refractivity contribution < 1.29 is 27.2 Å². The van der Waals surface area contributed by atoms with E-state index in [1.165, 1.54) is 18.2 Å². The van der Waals surface area contributed by atoms with Gasteiger partial charge in [0.2, 0.25) is 5.75 Å². The van der Waals surface area contributed by atoms with Gasteiger partial charge in [-0.3, -0.25) is 10.1 Å². The van der Waals surface area contributed by atoms with Gasteiger partial charge in [0.15, 0.2) is 0 Å². The number of nitro benzene ring substituents is 1. The predicted molar refractivity (Wildman–Crippen MR) is 64.6 cm³/mol. The molecule has 0 fully saturated rings. The lowest BCUT2D eigenvalue weighted by Crippen LogP contribution is -2.05. The van der Waals surface area contributed by atoms with Crippen LogP contribution >= 0.6 is 0 Å². The van der Waals surface area contributed by atoms with E-state index in [0.29, 0.717) is 18.2 Å². The molecule has 0 bridgehead atoms. The number of para-hydroxylation sites is 2. The highest BCUT2D eigenvalue weighted by molar-refractivity contribution is 5.48. The minimum atomic E-state index is -4.75. The van der Waals surface area contributed by atoms with Crippen molar-refractivity contribution in [2.45, 2.75) is 6.18 Å². The molecular weight excluding hydrogens is 294 g/mol. The van der Waals surface area contributed by atoms with Crippen LogP contribution in [0.2, 0.25) is 0 Å². The van der Waals surface area contributed by atoms with Gasteiger partial charge in [-0.25, -0.2) is 4.39 Å². The third kappa shape index (κ3) is 3.47. The first-order valence-corrected chi connectivity index (χ1v) is 5.56. The molecule has 0 heterocycles. The number of hydrogen-bond acceptors (Lipinski definition) is 3. The van der Waals surface area contributed by atoms with E-state index in [1.807, 2.05) is 0 Å². The van der Waals surface area contributed by atoms with Crippen molar-refractivity contribution >= 4 is 5.69 Å². The summed E-state index contributed by atoms with van der Waals surface area (Å²) in [6.07, 6.45) is -4.75. The highest BCUT2D eigenvalue weighted by Crippen LogP contribution is 2.35. The number of rotatable bonds is 3. The molecule has 2 aromatic carbocycles. The van der Waals surface area contributed by atoms with Crippen molar-refractivity contribution in [1.82, 2.24) is 0 Å². The van der Waals surface area contributed by atoms with Crippen LogP contribution in [0.3, 0.4) is 0 Å². The Hall–Kier alpha value is -2.64. The zero-order chi connectivity index (χ0) is 15.6. The molecule has 0 amide bonds. The Kier molecular flexibility index (Phi) is 3.79. The number of nitro groups is 1. The average Bonchev–Trinajstić information content (AvgIpc) is 2.37. The fourth-order valence-electron chi connectivity index (χ4n) is 1.61. The van der Waals surface area contributed by atoms with Crippen LogP contribution in [-0.2, 0) is 6.18 Å². The summed E-state index contributed by atoms with van der Waals surface area (Å²) in [7, 11) is 0. The monoisotopic (exact) mass is 301 g/mol. The zero-order valence-corrected chi connectivity index (χ0v) is 10.2. The number of benzene rings is 2. The van der Waals surface area contributed by atoms with E-state index in [2.05, 4.69) is 0 Å². The fourth-order valence-corrected chi connectivity index (χ4v) is 1.61. The van der Waals surface area contributed by atoms with Crippen molar-refractivity contribution in [2.75, 3.05) is 0 Å². The molecule has 0 radical (unpaired) electrons. The second-order valence-electron chi connectivity index (χ2n) is 4.00. The van der Waals surface area contributed by atoms with E-state index in [-0.39, 0.29) is 5.75 Å². The average molecular weight is 301 g/mol. The van der Waals surface area contributed by atoms with Crippen LogP contribution in [0.1, 0.15) is 5.56 Å². The van der Waals surface area contributed by atoms with Gasteiger partial charge in [0, 0.05) is 12.1 Å². The summed E-state index contributed by atoms with van der Waals surface area (Å²) in [6.45, 7) is 0. The largest absolute Gasteiger partial charge is 0.450 e. The molecule has 0 N–H and O–H groups in total. The van der Waals surface area contributed by atoms with Gasteiger partial charge in [-0.05, 0) is 18.2 Å². The first-order valence-electron chi connectivity index (χ1n) is 5.56. The standard InChI is InChI=1S/C13H7F4NO3/c14-9-5-8(13(15,16)17)6-10(7-9)21-12-4-2-1-3-11(12)18(19)20/h1-7H. The third-order valence-corrected chi connectivity index (χ3v) is 2.49. The number of nitrogens with zero attached hydrogens (tertiary/aromatic N) is 1. The van der Waals surface area contributed by atoms with Crippen molar-refractivity contribution in [3.05, 3.63) is 64.0 Å². The molecule has 0 saturated heterocycles. The lowest BCUT2D eigenvalue weighted by atomic mass is 10.2. The van der Waals surface area contributed by atoms with Crippen LogP contribution in [0.15, 0.2) is 42.5 Å². The smallest absolute Gasteiger partial charge is 0.416 e. The minimum Gasteiger partial charge on any atom is -0.450 e. The maximum absolute atomic E-state index is 13.2. The normalized spacial score (nSPS) is 11.2. The van der Waals surface area contributed by atoms with Crippen LogP contribution in [0, 0.1) is 15.9 Å². The van der Waals surface area contributed by atoms with Gasteiger partial charge in [0.25, 0.3) is 0 Å². The summed E-state index contributed by atoms with van der Waals surface area (Å²) >= 11 is 0. The van der Waals surface area contributed by atoms with E-state index in [4.69, 9.17) is 4.74 Å². The first kappa shape index (κ1) is 14.8. The molecule has 8 heteroatoms. The highest BCUT2D eigenvalue weighted by Gasteiger charge is 2.31. The van der Waals surface area contributed by atoms with Crippen molar-refractivity contribution in [3.63, 3.8) is 0 Å². The Bertz CT molecular complexity index is 685. The Morgan fingerprint density at radius 2 is 1.76 bits per heavy atom. The van der Waals surface area contributed by atoms with Crippen molar-refractivity contribution in [1.29, 1.82) is 0 Å². The maximum Gasteiger partial charge on any atom is 0.416 e. The molecule has 110 valence electrons. The Labute approximate surface area is 115 Å². The van der Waals surface area contributed by atoms with Crippen LogP contribution < -0.4 is 4.74 Å². The van der Waals surface area contributed by atoms with Crippen molar-refractivity contribution in [3.8, 4) is 11.5 Å². The maximum atomic E-state index is 13.2. The summed E-state index contributed by atoms with van der Waals surface area (Å²) in [4.78, 5) is 10.0. The van der Waals surface area contributed by atoms with E-state index in [1.54, 1.807) is 0 Å². The number of alkyl halides is 3. The zero-order valence-electron chi connectivity index (χ0n) is 10.2. The predicted octanol–water partition coefficient (Wildman–Crippen LogP) is 4.55. The van der Waals surface area contributed by atoms with Crippen LogP contribution in [-0.4, -0.2) is 4.92 Å². The summed E-state index contributed by atoms with van der Waals surface area (Å²) in [5.74, 6) is -1.91. The number of hydrogen-bond donors (Lipinski definition) is 0. The summed E-state index contributed by atoms with van der Waals surface area (Å²) < 4.78 is 55.9. The Morgan fingerprint density at radius 1 is 1.10 bits per heavy atom. The van der Waals surface area contributed by atoms with Crippen molar-refractivity contribution in [2.24, 2.45) is 0 Å². The van der Waals surface area contributed by atoms with Gasteiger partial charge in [-0.15, -0.1) is 0 Å². The Morgan fingerprint density at radius 3 is 2.38 bits per heavy atom. The summed E-state index contributed by atoms with van der Waals surface area (Å²) in [5, 5.41) is 10.8. The molecule has 0 spiro atoms. The molecule has 2 aromatic rings. The molecular formula is C13H7F4NO3. The van der Waals surface area contributed by atoms with Gasteiger partial charge in [-0.2, -0.15) is 13.2 Å². The minimum absolute atomic E-state index is 0.277. The number of ether oxygens (including phenoxy) is 1. The highest BCUT2D eigenvalue weighted by atomic mass is 19.4. The van der Waals surface area contributed by atoms with E-state index in [9.17, 15) is 27.7 Å². The van der Waals surface area contributed by atoms with Gasteiger partial charge < -0.3 is 4.74 Å². The number of halogens is 4. The molecule has 0 unspecified atom stereocenters. The summed E-state index contributed by atoms with van der Waals surface area (Å²) in [6, 6.07) is 6.71. The van der Waals surface area contributed by atoms with E-state index >= 15 is 0 Å². The lowest BCUT2D eigenvalue weighted by molar-refractivity contribution is -0.385. The first-order chi connectivity index (χ1) is 9.77. The van der Waals surface area contributed by atoms with Crippen LogP contribution in [0.25, 0.3) is 0 Å². The van der Waals surface area contributed by atoms with Crippen LogP contribution in [0.5, 0.6) is 11.5 Å². The third-order valence-electron chi connectivity index (χ3n) is 2.49. The van der Waals surface area contributed by atoms with Gasteiger partial charge in [0.1, 0.15) is 11.6 Å². The molecule has 0 atom stereocenters. The molecule has 0 aliphatic heterocycles. The topological polar surface area (TPSA) is 52.4 Å². The molecule has 0 aliphatic carbocycles. The SMILES string of the molecule is O=[N+]([O-])c1ccccc1Oc1cc(F)cc(C(F)(F)F)c1. The Balaban J connectivity index is 2.41. The molecule has 0 saturated carbocycles. The van der Waals surface area contributed by atoms with Gasteiger partial charge in [0.05, 0.1) is 10.5 Å². The molecule has 4 nitrogen and oxygen atoms in total. The van der Waals surface area contributed by atoms with Gasteiger partial charge >= 0.3 is 11.9 Å². The summed E-state index contributed by atoms with van der Waals surface area (Å²) in [5.41, 5.74) is -1.67. The second-order valence-corrected chi connectivity index (χ2v) is 4.00.